The van der Waals surface area contributed by atoms with E-state index in [0.29, 0.717) is 0 Å². The number of amides is 1. The maximum Gasteiger partial charge on any atom is 0.413 e. The highest BCUT2D eigenvalue weighted by Gasteiger charge is 2.22. The van der Waals surface area contributed by atoms with Gasteiger partial charge in [0.05, 0.1) is 13.7 Å². The van der Waals surface area contributed by atoms with Crippen molar-refractivity contribution in [2.24, 2.45) is 0 Å². The fourth-order valence-electron chi connectivity index (χ4n) is 0.805. The Hall–Kier alpha value is -2.03. The van der Waals surface area contributed by atoms with Crippen molar-refractivity contribution in [1.29, 1.82) is 0 Å². The number of ketones is 1. The van der Waals surface area contributed by atoms with Gasteiger partial charge in [-0.15, -0.1) is 0 Å². The van der Waals surface area contributed by atoms with Gasteiger partial charge in [0, 0.05) is 11.5 Å². The zero-order chi connectivity index (χ0) is 12.8. The minimum atomic E-state index is -1.06. The van der Waals surface area contributed by atoms with Crippen LogP contribution in [0.4, 0.5) is 9.93 Å². The summed E-state index contributed by atoms with van der Waals surface area (Å²) in [5.74, 6) is -2.36. The zero-order valence-electron chi connectivity index (χ0n) is 9.05. The normalized spacial score (nSPS) is 9.53. The molecule has 0 saturated carbocycles. The molecule has 0 aliphatic heterocycles. The standard InChI is InChI=1S/C8H9N3O5S/c1-3-16-8(14)10-7-9-5(11-17-7)4(12)6(13)15-2/h3H2,1-2H3,(H,9,10,11,14). The molecule has 0 spiro atoms. The van der Waals surface area contributed by atoms with Crippen LogP contribution in [0, 0.1) is 0 Å². The number of hydrogen-bond acceptors (Lipinski definition) is 8. The van der Waals surface area contributed by atoms with E-state index in [2.05, 4.69) is 24.1 Å². The number of aromatic nitrogens is 2. The van der Waals surface area contributed by atoms with Crippen LogP contribution in [0.15, 0.2) is 0 Å². The molecule has 0 aliphatic rings. The Bertz CT molecular complexity index is 444. The van der Waals surface area contributed by atoms with Gasteiger partial charge >= 0.3 is 17.8 Å². The van der Waals surface area contributed by atoms with Gasteiger partial charge in [-0.2, -0.15) is 9.36 Å². The van der Waals surface area contributed by atoms with E-state index in [-0.39, 0.29) is 17.6 Å². The first-order valence-electron chi connectivity index (χ1n) is 4.48. The van der Waals surface area contributed by atoms with E-state index in [9.17, 15) is 14.4 Å². The van der Waals surface area contributed by atoms with Gasteiger partial charge in [0.1, 0.15) is 0 Å². The summed E-state index contributed by atoms with van der Waals surface area (Å²) >= 11 is 0.758. The summed E-state index contributed by atoms with van der Waals surface area (Å²) < 4.78 is 12.4. The first-order valence-corrected chi connectivity index (χ1v) is 5.26. The summed E-state index contributed by atoms with van der Waals surface area (Å²) in [7, 11) is 1.07. The van der Waals surface area contributed by atoms with Gasteiger partial charge in [0.25, 0.3) is 0 Å². The molecule has 0 radical (unpaired) electrons. The third-order valence-corrected chi connectivity index (χ3v) is 2.11. The molecule has 8 nitrogen and oxygen atoms in total. The van der Waals surface area contributed by atoms with E-state index in [1.807, 2.05) is 0 Å². The van der Waals surface area contributed by atoms with Crippen LogP contribution in [-0.4, -0.2) is 40.9 Å². The molecule has 9 heteroatoms. The molecule has 0 saturated heterocycles. The number of hydrogen-bond donors (Lipinski definition) is 1. The van der Waals surface area contributed by atoms with Crippen LogP contribution in [0.5, 0.6) is 0 Å². The van der Waals surface area contributed by atoms with Crippen LogP contribution < -0.4 is 5.32 Å². The Morgan fingerprint density at radius 3 is 2.71 bits per heavy atom. The van der Waals surface area contributed by atoms with Crippen LogP contribution in [-0.2, 0) is 14.3 Å². The second-order valence-electron chi connectivity index (χ2n) is 2.59. The van der Waals surface area contributed by atoms with Gasteiger partial charge in [-0.3, -0.25) is 10.1 Å². The summed E-state index contributed by atoms with van der Waals surface area (Å²) in [6, 6.07) is 0. The molecule has 0 unspecified atom stereocenters. The number of Topliss-reactive ketones (excluding diaryl/α,β-unsaturated/α-hetero) is 1. The first kappa shape index (κ1) is 13.0. The number of esters is 1. The van der Waals surface area contributed by atoms with Crippen molar-refractivity contribution in [3.8, 4) is 0 Å². The van der Waals surface area contributed by atoms with Gasteiger partial charge in [-0.1, -0.05) is 0 Å². The highest BCUT2D eigenvalue weighted by atomic mass is 32.1. The van der Waals surface area contributed by atoms with E-state index < -0.39 is 17.8 Å². The van der Waals surface area contributed by atoms with Crippen molar-refractivity contribution in [3.05, 3.63) is 5.82 Å². The molecule has 92 valence electrons. The molecule has 1 aromatic rings. The number of carbonyl (C=O) groups excluding carboxylic acids is 3. The molecule has 0 aromatic carbocycles. The van der Waals surface area contributed by atoms with Crippen molar-refractivity contribution in [1.82, 2.24) is 9.36 Å². The molecule has 1 heterocycles. The topological polar surface area (TPSA) is 107 Å². The summed E-state index contributed by atoms with van der Waals surface area (Å²) in [4.78, 5) is 36.8. The van der Waals surface area contributed by atoms with Crippen LogP contribution in [0.2, 0.25) is 0 Å². The third kappa shape index (κ3) is 3.48. The molecule has 17 heavy (non-hydrogen) atoms. The fourth-order valence-corrected chi connectivity index (χ4v) is 1.36. The number of ether oxygens (including phenoxy) is 2. The molecular formula is C8H9N3O5S. The predicted octanol–water partition coefficient (Wildman–Crippen LogP) is 0.462. The Morgan fingerprint density at radius 2 is 2.12 bits per heavy atom. The average molecular weight is 259 g/mol. The van der Waals surface area contributed by atoms with Crippen molar-refractivity contribution < 1.29 is 23.9 Å². The maximum absolute atomic E-state index is 11.3. The number of rotatable bonds is 4. The number of methoxy groups -OCH3 is 1. The van der Waals surface area contributed by atoms with Crippen molar-refractivity contribution >= 4 is 34.5 Å². The number of carbonyl (C=O) groups is 3. The van der Waals surface area contributed by atoms with Crippen molar-refractivity contribution in [2.75, 3.05) is 19.0 Å². The lowest BCUT2D eigenvalue weighted by Gasteiger charge is -1.99. The lowest BCUT2D eigenvalue weighted by molar-refractivity contribution is -0.135. The Labute approximate surface area is 100 Å². The van der Waals surface area contributed by atoms with E-state index in [0.717, 1.165) is 18.6 Å². The second kappa shape index (κ2) is 5.89. The molecule has 0 aliphatic carbocycles. The van der Waals surface area contributed by atoms with Gasteiger partial charge in [-0.05, 0) is 6.92 Å². The summed E-state index contributed by atoms with van der Waals surface area (Å²) in [5, 5.41) is 2.32. The number of nitrogens with zero attached hydrogens (tertiary/aromatic N) is 2. The van der Waals surface area contributed by atoms with Crippen molar-refractivity contribution in [3.63, 3.8) is 0 Å². The van der Waals surface area contributed by atoms with E-state index in [1.54, 1.807) is 6.92 Å². The van der Waals surface area contributed by atoms with E-state index >= 15 is 0 Å². The molecule has 0 fully saturated rings. The monoisotopic (exact) mass is 259 g/mol. The van der Waals surface area contributed by atoms with E-state index in [1.165, 1.54) is 0 Å². The predicted molar refractivity (Wildman–Crippen MR) is 56.9 cm³/mol. The number of anilines is 1. The summed E-state index contributed by atoms with van der Waals surface area (Å²) in [6.45, 7) is 1.85. The maximum atomic E-state index is 11.3. The molecule has 1 aromatic heterocycles. The molecule has 1 rings (SSSR count). The second-order valence-corrected chi connectivity index (χ2v) is 3.34. The van der Waals surface area contributed by atoms with Gasteiger partial charge in [-0.25, -0.2) is 9.59 Å². The van der Waals surface area contributed by atoms with Crippen LogP contribution in [0.25, 0.3) is 0 Å². The Morgan fingerprint density at radius 1 is 1.41 bits per heavy atom. The third-order valence-electron chi connectivity index (χ3n) is 1.48. The molecule has 1 amide bonds. The SMILES string of the molecule is CCOC(=O)Nc1nc(C(=O)C(=O)OC)ns1. The average Bonchev–Trinajstić information content (AvgIpc) is 2.75. The number of nitrogens with one attached hydrogen (secondary N) is 1. The Kier molecular flexibility index (Phi) is 4.52. The summed E-state index contributed by atoms with van der Waals surface area (Å²) in [6.07, 6.45) is -0.708. The molecule has 0 atom stereocenters. The van der Waals surface area contributed by atoms with Gasteiger partial charge < -0.3 is 9.47 Å². The smallest absolute Gasteiger partial charge is 0.413 e. The molecule has 1 N–H and O–H groups in total. The minimum Gasteiger partial charge on any atom is -0.463 e. The van der Waals surface area contributed by atoms with Crippen molar-refractivity contribution in [2.45, 2.75) is 6.92 Å². The lowest BCUT2D eigenvalue weighted by Crippen LogP contribution is -2.17. The lowest BCUT2D eigenvalue weighted by atomic mass is 10.4. The highest BCUT2D eigenvalue weighted by Crippen LogP contribution is 2.11. The van der Waals surface area contributed by atoms with Crippen LogP contribution >= 0.6 is 11.5 Å². The fraction of sp³-hybridized carbons (Fsp3) is 0.375. The zero-order valence-corrected chi connectivity index (χ0v) is 9.87. The minimum absolute atomic E-state index is 0.0655. The van der Waals surface area contributed by atoms with Crippen LogP contribution in [0.3, 0.4) is 0 Å². The Balaban J connectivity index is 2.68. The van der Waals surface area contributed by atoms with Gasteiger partial charge in [0.2, 0.25) is 11.0 Å². The largest absolute Gasteiger partial charge is 0.463 e. The first-order chi connectivity index (χ1) is 8.08. The highest BCUT2D eigenvalue weighted by molar-refractivity contribution is 7.10. The quantitative estimate of drug-likeness (QED) is 0.475. The summed E-state index contributed by atoms with van der Waals surface area (Å²) in [5.41, 5.74) is 0. The van der Waals surface area contributed by atoms with Crippen LogP contribution in [0.1, 0.15) is 17.5 Å². The molecular weight excluding hydrogens is 250 g/mol. The molecule has 0 bridgehead atoms. The van der Waals surface area contributed by atoms with E-state index in [4.69, 9.17) is 0 Å². The van der Waals surface area contributed by atoms with Gasteiger partial charge in [0.15, 0.2) is 0 Å².